The minimum atomic E-state index is -1.35. The third kappa shape index (κ3) is 23.1. The molecule has 8 N–H and O–H groups in total. The molecule has 30 heteroatoms. The van der Waals surface area contributed by atoms with Gasteiger partial charge in [-0.3, -0.25) is 0 Å². The number of thiocarbonyl (C=S) groups is 4. The maximum Gasteiger partial charge on any atom is 0.176 e. The molecule has 8 nitrogen and oxygen atoms in total. The first-order valence-electron chi connectivity index (χ1n) is 20.6. The van der Waals surface area contributed by atoms with Crippen LogP contribution in [0.3, 0.4) is 0 Å². The van der Waals surface area contributed by atoms with Crippen molar-refractivity contribution >= 4 is 204 Å². The van der Waals surface area contributed by atoms with E-state index in [1.54, 1.807) is 28.4 Å². The van der Waals surface area contributed by atoms with Gasteiger partial charge in [-0.2, -0.15) is 0 Å². The SMILES string of the molecule is COc1ccc(C(N)=S)cc1.COc1ccc(C(N)=S)cc1.COc1ccc(C(N)=S)cc1.COc1ccc(C(N)=S)cc1.Fc1c(F)c(I)c(F)c(F)c1I.Fc1c(F)c(I)c(F)c(F)c1I.Fc1c(F)c(I)c(F)c(F)c1I. The highest BCUT2D eigenvalue weighted by Crippen LogP contribution is 2.28. The molecule has 0 aliphatic rings. The number of hydrogen-bond acceptors (Lipinski definition) is 8. The molecule has 0 saturated carbocycles. The summed E-state index contributed by atoms with van der Waals surface area (Å²) in [5.74, 6) is -12.9. The summed E-state index contributed by atoms with van der Waals surface area (Å²) in [4.78, 5) is 1.64. The van der Waals surface area contributed by atoms with Crippen LogP contribution in [-0.4, -0.2) is 48.4 Å². The predicted molar refractivity (Wildman–Crippen MR) is 351 cm³/mol. The zero-order valence-electron chi connectivity index (χ0n) is 40.6. The van der Waals surface area contributed by atoms with Crippen molar-refractivity contribution in [2.45, 2.75) is 0 Å². The molecule has 0 fully saturated rings. The van der Waals surface area contributed by atoms with Crippen molar-refractivity contribution in [1.29, 1.82) is 0 Å². The normalized spacial score (nSPS) is 9.78. The van der Waals surface area contributed by atoms with E-state index in [0.717, 1.165) is 45.3 Å². The summed E-state index contributed by atoms with van der Waals surface area (Å²) in [6.07, 6.45) is 0. The van der Waals surface area contributed by atoms with Crippen LogP contribution in [0.1, 0.15) is 22.3 Å². The number of halogens is 18. The lowest BCUT2D eigenvalue weighted by atomic mass is 10.2. The molecule has 0 saturated heterocycles. The van der Waals surface area contributed by atoms with Gasteiger partial charge in [0.15, 0.2) is 69.8 Å². The molecule has 7 aromatic rings. The summed E-state index contributed by atoms with van der Waals surface area (Å²) in [6.45, 7) is 0. The van der Waals surface area contributed by atoms with E-state index in [0.29, 0.717) is 20.0 Å². The van der Waals surface area contributed by atoms with Crippen LogP contribution in [0.5, 0.6) is 23.0 Å². The van der Waals surface area contributed by atoms with Crippen LogP contribution in [-0.2, 0) is 0 Å². The first-order chi connectivity index (χ1) is 37.3. The van der Waals surface area contributed by atoms with Gasteiger partial charge in [-0.15, -0.1) is 0 Å². The van der Waals surface area contributed by atoms with E-state index in [1.165, 1.54) is 136 Å². The van der Waals surface area contributed by atoms with Crippen LogP contribution in [0.2, 0.25) is 0 Å². The van der Waals surface area contributed by atoms with E-state index in [1.807, 2.05) is 97.1 Å². The van der Waals surface area contributed by atoms with Gasteiger partial charge < -0.3 is 41.9 Å². The number of methoxy groups -OCH3 is 4. The third-order valence-electron chi connectivity index (χ3n) is 8.97. The highest BCUT2D eigenvalue weighted by molar-refractivity contribution is 14.1. The van der Waals surface area contributed by atoms with Crippen LogP contribution < -0.4 is 41.9 Å². The Hall–Kier alpha value is -3.16. The molecule has 0 aliphatic heterocycles. The second-order valence-corrected chi connectivity index (χ2v) is 22.3. The average molecular weight is 1870 g/mol. The van der Waals surface area contributed by atoms with Gasteiger partial charge in [-0.1, -0.05) is 48.9 Å². The minimum Gasteiger partial charge on any atom is -0.497 e. The fourth-order valence-electron chi connectivity index (χ4n) is 4.76. The maximum absolute atomic E-state index is 12.6. The van der Waals surface area contributed by atoms with E-state index in [4.69, 9.17) is 90.8 Å². The Morgan fingerprint density at radius 2 is 0.362 bits per heavy atom. The van der Waals surface area contributed by atoms with Crippen molar-refractivity contribution in [1.82, 2.24) is 0 Å². The molecule has 0 radical (unpaired) electrons. The molecule has 7 rings (SSSR count). The molecule has 0 bridgehead atoms. The smallest absolute Gasteiger partial charge is 0.176 e. The maximum atomic E-state index is 12.6. The number of nitrogens with two attached hydrogens (primary N) is 4. The van der Waals surface area contributed by atoms with Crippen molar-refractivity contribution in [3.63, 3.8) is 0 Å². The number of ether oxygens (including phenoxy) is 4. The van der Waals surface area contributed by atoms with Gasteiger partial charge in [-0.25, -0.2) is 52.7 Å². The van der Waals surface area contributed by atoms with Gasteiger partial charge >= 0.3 is 0 Å². The lowest BCUT2D eigenvalue weighted by Gasteiger charge is -2.02. The van der Waals surface area contributed by atoms with Gasteiger partial charge in [0.05, 0.1) is 49.9 Å². The van der Waals surface area contributed by atoms with Crippen molar-refractivity contribution in [3.05, 3.63) is 211 Å². The molecule has 80 heavy (non-hydrogen) atoms. The molecule has 0 unspecified atom stereocenters. The Balaban J connectivity index is 0.000000467. The quantitative estimate of drug-likeness (QED) is 0.0378. The van der Waals surface area contributed by atoms with Crippen LogP contribution in [0, 0.1) is 91.2 Å². The van der Waals surface area contributed by atoms with Crippen LogP contribution in [0.25, 0.3) is 0 Å². The zero-order chi connectivity index (χ0) is 61.5. The standard InChI is InChI=1S/4C8H9NOS.3C6F4I2/c4*1-10-7-4-2-6(3-5-7)8(9)11;3*7-1-2(8)6(12)4(10)3(9)5(1)11/h4*2-5H,1H3,(H2,9,11);;;. The molecule has 0 aromatic heterocycles. The Morgan fingerprint density at radius 3 is 0.438 bits per heavy atom. The largest absolute Gasteiger partial charge is 0.497 e. The van der Waals surface area contributed by atoms with Crippen molar-refractivity contribution in [3.8, 4) is 23.0 Å². The summed E-state index contributed by atoms with van der Waals surface area (Å²) < 4.78 is 168. The highest BCUT2D eigenvalue weighted by Gasteiger charge is 2.24. The van der Waals surface area contributed by atoms with Crippen molar-refractivity contribution in [2.75, 3.05) is 28.4 Å². The van der Waals surface area contributed by atoms with Crippen LogP contribution >= 0.6 is 184 Å². The first kappa shape index (κ1) is 74.9. The Bertz CT molecular complexity index is 2570. The summed E-state index contributed by atoms with van der Waals surface area (Å²) in [5, 5.41) is 0. The number of rotatable bonds is 8. The summed E-state index contributed by atoms with van der Waals surface area (Å²) in [6, 6.07) is 29.3. The molecule has 0 spiro atoms. The summed E-state index contributed by atoms with van der Waals surface area (Å²) in [5.41, 5.74) is 25.0. The topological polar surface area (TPSA) is 141 Å². The molecule has 7 aromatic carbocycles. The van der Waals surface area contributed by atoms with Gasteiger partial charge in [0.2, 0.25) is 0 Å². The third-order valence-corrected chi connectivity index (χ3v) is 15.6. The molecular weight excluding hydrogens is 1840 g/mol. The fraction of sp³-hybridized carbons (Fsp3) is 0.0800. The van der Waals surface area contributed by atoms with E-state index in [9.17, 15) is 52.7 Å². The van der Waals surface area contributed by atoms with Crippen molar-refractivity contribution < 1.29 is 71.6 Å². The van der Waals surface area contributed by atoms with Crippen LogP contribution in [0.4, 0.5) is 52.7 Å². The van der Waals surface area contributed by atoms with Gasteiger partial charge in [0, 0.05) is 22.3 Å². The second kappa shape index (κ2) is 37.2. The second-order valence-electron chi connectivity index (χ2n) is 14.0. The highest BCUT2D eigenvalue weighted by atomic mass is 127. The molecule has 0 aliphatic carbocycles. The number of benzene rings is 7. The predicted octanol–water partition coefficient (Wildman–Crippen LogP) is 15.7. The van der Waals surface area contributed by atoms with E-state index in [2.05, 4.69) is 0 Å². The molecular formula is C50H36F12I6N4O4S4. The average Bonchev–Trinajstić information content (AvgIpc) is 3.47. The number of hydrogen-bond donors (Lipinski definition) is 4. The molecule has 430 valence electrons. The van der Waals surface area contributed by atoms with Crippen LogP contribution in [0.15, 0.2) is 97.1 Å². The molecule has 0 heterocycles. The Labute approximate surface area is 554 Å². The summed E-state index contributed by atoms with van der Waals surface area (Å²) >= 11 is 26.3. The minimum absolute atomic E-state index is 0.410. The van der Waals surface area contributed by atoms with E-state index in [-0.39, 0.29) is 0 Å². The van der Waals surface area contributed by atoms with E-state index < -0.39 is 91.2 Å². The van der Waals surface area contributed by atoms with Gasteiger partial charge in [-0.05, 0) is 233 Å². The zero-order valence-corrected chi connectivity index (χ0v) is 56.8. The van der Waals surface area contributed by atoms with Gasteiger partial charge in [0.25, 0.3) is 0 Å². The Morgan fingerprint density at radius 1 is 0.263 bits per heavy atom. The Kier molecular flexibility index (Phi) is 34.8. The lowest BCUT2D eigenvalue weighted by molar-refractivity contribution is 0.414. The van der Waals surface area contributed by atoms with Gasteiger partial charge in [0.1, 0.15) is 43.0 Å². The van der Waals surface area contributed by atoms with E-state index >= 15 is 0 Å². The summed E-state index contributed by atoms with van der Waals surface area (Å²) in [7, 11) is 6.48. The molecule has 0 amide bonds. The monoisotopic (exact) mass is 1870 g/mol. The first-order valence-corrected chi connectivity index (χ1v) is 28.7. The van der Waals surface area contributed by atoms with Crippen molar-refractivity contribution in [2.24, 2.45) is 22.9 Å². The lowest BCUT2D eigenvalue weighted by Crippen LogP contribution is -2.08. The fourth-order valence-corrected chi connectivity index (χ4v) is 8.14. The molecule has 0 atom stereocenters.